The molecule has 1 aliphatic carbocycles. The Morgan fingerprint density at radius 3 is 2.71 bits per heavy atom. The van der Waals surface area contributed by atoms with Gasteiger partial charge in [-0.15, -0.1) is 0 Å². The second kappa shape index (κ2) is 4.92. The number of allylic oxidation sites excluding steroid dienone is 2. The minimum Gasteiger partial charge on any atom is -0.497 e. The minimum absolute atomic E-state index is 0.792. The van der Waals surface area contributed by atoms with Gasteiger partial charge in [0.25, 0.3) is 0 Å². The molecular weight excluding hydrogens is 214 g/mol. The van der Waals surface area contributed by atoms with Crippen LogP contribution < -0.4 is 9.47 Å². The first-order chi connectivity index (χ1) is 8.30. The maximum atomic E-state index is 8.82. The van der Waals surface area contributed by atoms with E-state index in [9.17, 15) is 0 Å². The van der Waals surface area contributed by atoms with Gasteiger partial charge in [-0.25, -0.2) is 0 Å². The number of benzene rings is 1. The van der Waals surface area contributed by atoms with E-state index in [2.05, 4.69) is 6.07 Å². The molecule has 0 heterocycles. The van der Waals surface area contributed by atoms with Crippen LogP contribution in [0.4, 0.5) is 0 Å². The molecule has 1 aliphatic rings. The van der Waals surface area contributed by atoms with Crippen molar-refractivity contribution >= 4 is 5.57 Å². The van der Waals surface area contributed by atoms with Crippen molar-refractivity contribution in [3.05, 3.63) is 29.3 Å². The van der Waals surface area contributed by atoms with E-state index in [1.165, 1.54) is 5.56 Å². The molecule has 0 bridgehead atoms. The molecule has 3 nitrogen and oxygen atoms in total. The van der Waals surface area contributed by atoms with Gasteiger partial charge in [0.05, 0.1) is 20.3 Å². The minimum atomic E-state index is 0.792. The molecule has 0 amide bonds. The first-order valence-electron chi connectivity index (χ1n) is 5.64. The van der Waals surface area contributed by atoms with Crippen molar-refractivity contribution in [1.29, 1.82) is 5.26 Å². The summed E-state index contributed by atoms with van der Waals surface area (Å²) in [6, 6.07) is 6.01. The van der Waals surface area contributed by atoms with Gasteiger partial charge < -0.3 is 9.47 Å². The summed E-state index contributed by atoms with van der Waals surface area (Å²) in [5.41, 5.74) is 3.34. The number of hydrogen-bond acceptors (Lipinski definition) is 3. The molecule has 0 N–H and O–H groups in total. The molecular formula is C14H15NO2. The molecule has 0 unspecified atom stereocenters. The summed E-state index contributed by atoms with van der Waals surface area (Å²) in [6.07, 6.45) is 4.62. The summed E-state index contributed by atoms with van der Waals surface area (Å²) in [4.78, 5) is 0. The van der Waals surface area contributed by atoms with Crippen LogP contribution >= 0.6 is 0 Å². The summed E-state index contributed by atoms with van der Waals surface area (Å²) in [7, 11) is 3.30. The lowest BCUT2D eigenvalue weighted by Crippen LogP contribution is -2.05. The lowest BCUT2D eigenvalue weighted by atomic mass is 9.86. The number of hydrogen-bond donors (Lipinski definition) is 0. The third-order valence-electron chi connectivity index (χ3n) is 3.07. The van der Waals surface area contributed by atoms with E-state index in [4.69, 9.17) is 14.7 Å². The number of ether oxygens (including phenoxy) is 2. The standard InChI is InChI=1S/C14H15NO2/c1-16-12-8-11-5-3-4-10(6-7-15)14(11)13(9-12)17-2/h6,8-9H,3-5H2,1-2H3/b10-6-. The normalized spacial score (nSPS) is 16.2. The predicted octanol–water partition coefficient (Wildman–Crippen LogP) is 2.95. The Morgan fingerprint density at radius 2 is 2.06 bits per heavy atom. The summed E-state index contributed by atoms with van der Waals surface area (Å²) < 4.78 is 10.7. The number of nitriles is 1. The predicted molar refractivity (Wildman–Crippen MR) is 66.1 cm³/mol. The van der Waals surface area contributed by atoms with E-state index in [-0.39, 0.29) is 0 Å². The Morgan fingerprint density at radius 1 is 1.24 bits per heavy atom. The van der Waals surface area contributed by atoms with Crippen LogP contribution in [0.15, 0.2) is 18.2 Å². The van der Waals surface area contributed by atoms with Gasteiger partial charge in [-0.1, -0.05) is 0 Å². The van der Waals surface area contributed by atoms with Gasteiger partial charge in [-0.2, -0.15) is 5.26 Å². The molecule has 1 aromatic carbocycles. The molecule has 0 aromatic heterocycles. The third kappa shape index (κ3) is 2.12. The highest BCUT2D eigenvalue weighted by atomic mass is 16.5. The number of methoxy groups -OCH3 is 2. The third-order valence-corrected chi connectivity index (χ3v) is 3.07. The van der Waals surface area contributed by atoms with Crippen molar-refractivity contribution in [1.82, 2.24) is 0 Å². The fourth-order valence-electron chi connectivity index (χ4n) is 2.30. The second-order valence-corrected chi connectivity index (χ2v) is 4.02. The van der Waals surface area contributed by atoms with E-state index >= 15 is 0 Å². The van der Waals surface area contributed by atoms with Crippen LogP contribution in [0, 0.1) is 11.3 Å². The van der Waals surface area contributed by atoms with Gasteiger partial charge in [-0.3, -0.25) is 0 Å². The van der Waals surface area contributed by atoms with Crippen LogP contribution in [0.2, 0.25) is 0 Å². The summed E-state index contributed by atoms with van der Waals surface area (Å²) in [5.74, 6) is 1.60. The molecule has 3 heteroatoms. The van der Waals surface area contributed by atoms with Gasteiger partial charge >= 0.3 is 0 Å². The molecule has 0 aliphatic heterocycles. The fourth-order valence-corrected chi connectivity index (χ4v) is 2.30. The van der Waals surface area contributed by atoms with Gasteiger partial charge in [0.1, 0.15) is 11.5 Å². The van der Waals surface area contributed by atoms with Crippen molar-refractivity contribution in [3.63, 3.8) is 0 Å². The van der Waals surface area contributed by atoms with Gasteiger partial charge in [0, 0.05) is 17.7 Å². The second-order valence-electron chi connectivity index (χ2n) is 4.02. The molecule has 0 fully saturated rings. The fraction of sp³-hybridized carbons (Fsp3) is 0.357. The molecule has 0 saturated carbocycles. The maximum Gasteiger partial charge on any atom is 0.130 e. The van der Waals surface area contributed by atoms with Crippen molar-refractivity contribution in [2.24, 2.45) is 0 Å². The maximum absolute atomic E-state index is 8.82. The van der Waals surface area contributed by atoms with E-state index in [1.807, 2.05) is 12.1 Å². The molecule has 88 valence electrons. The number of rotatable bonds is 2. The van der Waals surface area contributed by atoms with Crippen LogP contribution in [0.1, 0.15) is 24.0 Å². The van der Waals surface area contributed by atoms with Crippen molar-refractivity contribution in [2.75, 3.05) is 14.2 Å². The Hall–Kier alpha value is -1.95. The van der Waals surface area contributed by atoms with Crippen LogP contribution in [-0.2, 0) is 6.42 Å². The quantitative estimate of drug-likeness (QED) is 0.732. The first-order valence-corrected chi connectivity index (χ1v) is 5.64. The van der Waals surface area contributed by atoms with Gasteiger partial charge in [-0.05, 0) is 36.5 Å². The highest BCUT2D eigenvalue weighted by Crippen LogP contribution is 2.39. The largest absolute Gasteiger partial charge is 0.497 e. The Kier molecular flexibility index (Phi) is 3.34. The number of aryl methyl sites for hydroxylation is 1. The summed E-state index contributed by atoms with van der Waals surface area (Å²) >= 11 is 0. The first kappa shape index (κ1) is 11.5. The molecule has 1 aromatic rings. The average Bonchev–Trinajstić information content (AvgIpc) is 2.38. The van der Waals surface area contributed by atoms with Crippen molar-refractivity contribution in [3.8, 4) is 17.6 Å². The van der Waals surface area contributed by atoms with E-state index < -0.39 is 0 Å². The number of nitrogens with zero attached hydrogens (tertiary/aromatic N) is 1. The van der Waals surface area contributed by atoms with Crippen molar-refractivity contribution < 1.29 is 9.47 Å². The zero-order chi connectivity index (χ0) is 12.3. The molecule has 0 atom stereocenters. The zero-order valence-electron chi connectivity index (χ0n) is 10.1. The summed E-state index contributed by atoms with van der Waals surface area (Å²) in [6.45, 7) is 0. The van der Waals surface area contributed by atoms with Gasteiger partial charge in [0.15, 0.2) is 0 Å². The van der Waals surface area contributed by atoms with E-state index in [0.717, 1.165) is 41.9 Å². The molecule has 0 spiro atoms. The smallest absolute Gasteiger partial charge is 0.130 e. The summed E-state index contributed by atoms with van der Waals surface area (Å²) in [5, 5.41) is 8.82. The van der Waals surface area contributed by atoms with Crippen molar-refractivity contribution in [2.45, 2.75) is 19.3 Å². The Labute approximate surface area is 101 Å². The van der Waals surface area contributed by atoms with Crippen LogP contribution in [0.25, 0.3) is 5.57 Å². The van der Waals surface area contributed by atoms with E-state index in [0.29, 0.717) is 0 Å². The highest BCUT2D eigenvalue weighted by molar-refractivity contribution is 5.77. The Balaban J connectivity index is 2.60. The average molecular weight is 229 g/mol. The lowest BCUT2D eigenvalue weighted by molar-refractivity contribution is 0.391. The van der Waals surface area contributed by atoms with Gasteiger partial charge in [0.2, 0.25) is 0 Å². The monoisotopic (exact) mass is 229 g/mol. The van der Waals surface area contributed by atoms with Crippen LogP contribution in [0.5, 0.6) is 11.5 Å². The molecule has 17 heavy (non-hydrogen) atoms. The zero-order valence-corrected chi connectivity index (χ0v) is 10.1. The molecule has 2 rings (SSSR count). The molecule has 0 saturated heterocycles. The highest BCUT2D eigenvalue weighted by Gasteiger charge is 2.19. The van der Waals surface area contributed by atoms with Crippen LogP contribution in [-0.4, -0.2) is 14.2 Å². The Bertz CT molecular complexity index is 480. The topological polar surface area (TPSA) is 42.2 Å². The lowest BCUT2D eigenvalue weighted by Gasteiger charge is -2.22. The van der Waals surface area contributed by atoms with E-state index in [1.54, 1.807) is 20.3 Å². The molecule has 0 radical (unpaired) electrons. The van der Waals surface area contributed by atoms with Crippen LogP contribution in [0.3, 0.4) is 0 Å². The number of fused-ring (bicyclic) bond motifs is 1. The SMILES string of the molecule is COc1cc2c(c(OC)c1)/C(=C\C#N)CCC2.